The molecule has 0 aliphatic rings. The van der Waals surface area contributed by atoms with Crippen molar-refractivity contribution in [2.75, 3.05) is 6.61 Å². The van der Waals surface area contributed by atoms with E-state index in [4.69, 9.17) is 5.73 Å². The number of primary amides is 1. The number of rotatable bonds is 4. The van der Waals surface area contributed by atoms with E-state index in [9.17, 15) is 9.59 Å². The molecule has 1 atom stereocenters. The van der Waals surface area contributed by atoms with Crippen molar-refractivity contribution in [3.8, 4) is 0 Å². The summed E-state index contributed by atoms with van der Waals surface area (Å²) in [6.45, 7) is 1.43. The monoisotopic (exact) mass is 222 g/mol. The molecule has 3 N–H and O–H groups in total. The smallest absolute Gasteiger partial charge is 0.404 e. The molecule has 0 aliphatic carbocycles. The van der Waals surface area contributed by atoms with Crippen molar-refractivity contribution in [1.29, 1.82) is 0 Å². The van der Waals surface area contributed by atoms with Crippen LogP contribution in [0.2, 0.25) is 0 Å². The Kier molecular flexibility index (Phi) is 4.32. The average Bonchev–Trinajstić information content (AvgIpc) is 2.25. The Morgan fingerprint density at radius 2 is 2.00 bits per heavy atom. The second-order valence-electron chi connectivity index (χ2n) is 3.29. The lowest BCUT2D eigenvalue weighted by Gasteiger charge is -2.17. The van der Waals surface area contributed by atoms with Crippen LogP contribution in [0.15, 0.2) is 30.3 Å². The summed E-state index contributed by atoms with van der Waals surface area (Å²) in [7, 11) is 0. The summed E-state index contributed by atoms with van der Waals surface area (Å²) in [6.07, 6.45) is -0.855. The van der Waals surface area contributed by atoms with Crippen LogP contribution >= 0.6 is 0 Å². The summed E-state index contributed by atoms with van der Waals surface area (Å²) in [4.78, 5) is 21.5. The lowest BCUT2D eigenvalue weighted by Crippen LogP contribution is -2.31. The van der Waals surface area contributed by atoms with Crippen molar-refractivity contribution >= 4 is 12.0 Å². The van der Waals surface area contributed by atoms with Crippen LogP contribution in [-0.2, 0) is 9.53 Å². The molecule has 86 valence electrons. The van der Waals surface area contributed by atoms with E-state index in [1.54, 1.807) is 0 Å². The first-order valence-corrected chi connectivity index (χ1v) is 4.84. The van der Waals surface area contributed by atoms with Crippen LogP contribution in [0, 0.1) is 0 Å². The van der Waals surface area contributed by atoms with E-state index in [1.165, 1.54) is 6.92 Å². The van der Waals surface area contributed by atoms with Crippen LogP contribution in [0.4, 0.5) is 4.79 Å². The molecule has 0 aromatic heterocycles. The largest absolute Gasteiger partial charge is 0.447 e. The van der Waals surface area contributed by atoms with Crippen molar-refractivity contribution in [2.45, 2.75) is 13.0 Å². The number of carbonyl (C=O) groups excluding carboxylic acids is 2. The maximum Gasteiger partial charge on any atom is 0.404 e. The third-order valence-electron chi connectivity index (χ3n) is 1.97. The number of carbonyl (C=O) groups is 2. The van der Waals surface area contributed by atoms with Gasteiger partial charge in [-0.2, -0.15) is 0 Å². The fraction of sp³-hybridized carbons (Fsp3) is 0.273. The van der Waals surface area contributed by atoms with Gasteiger partial charge in [-0.15, -0.1) is 0 Å². The van der Waals surface area contributed by atoms with Crippen LogP contribution in [0.3, 0.4) is 0 Å². The highest BCUT2D eigenvalue weighted by atomic mass is 16.5. The second kappa shape index (κ2) is 5.75. The van der Waals surface area contributed by atoms with E-state index in [0.29, 0.717) is 0 Å². The Morgan fingerprint density at radius 3 is 2.50 bits per heavy atom. The van der Waals surface area contributed by atoms with Crippen molar-refractivity contribution in [1.82, 2.24) is 5.32 Å². The molecule has 0 radical (unpaired) electrons. The second-order valence-corrected chi connectivity index (χ2v) is 3.29. The van der Waals surface area contributed by atoms with Gasteiger partial charge in [0.15, 0.2) is 0 Å². The minimum absolute atomic E-state index is 0.0267. The van der Waals surface area contributed by atoms with Gasteiger partial charge in [-0.1, -0.05) is 30.3 Å². The molecular weight excluding hydrogens is 208 g/mol. The van der Waals surface area contributed by atoms with E-state index in [0.717, 1.165) is 5.56 Å². The number of amides is 2. The number of hydrogen-bond acceptors (Lipinski definition) is 3. The van der Waals surface area contributed by atoms with Crippen molar-refractivity contribution in [2.24, 2.45) is 5.73 Å². The Balaban J connectivity index is 2.71. The van der Waals surface area contributed by atoms with Crippen molar-refractivity contribution in [3.05, 3.63) is 35.9 Å². The van der Waals surface area contributed by atoms with Gasteiger partial charge in [-0.05, 0) is 5.56 Å². The summed E-state index contributed by atoms with van der Waals surface area (Å²) in [6, 6.07) is 8.85. The lowest BCUT2D eigenvalue weighted by atomic mass is 10.1. The third-order valence-corrected chi connectivity index (χ3v) is 1.97. The molecule has 5 nitrogen and oxygen atoms in total. The zero-order valence-corrected chi connectivity index (χ0v) is 8.97. The number of ether oxygens (including phenoxy) is 1. The van der Waals surface area contributed by atoms with Crippen LogP contribution < -0.4 is 11.1 Å². The number of nitrogens with one attached hydrogen (secondary N) is 1. The predicted octanol–water partition coefficient (Wildman–Crippen LogP) is 0.959. The minimum Gasteiger partial charge on any atom is -0.447 e. The third kappa shape index (κ3) is 4.00. The fourth-order valence-electron chi connectivity index (χ4n) is 1.32. The molecule has 16 heavy (non-hydrogen) atoms. The molecule has 0 heterocycles. The number of nitrogens with two attached hydrogens (primary N) is 1. The summed E-state index contributed by atoms with van der Waals surface area (Å²) in [5.74, 6) is -0.193. The highest BCUT2D eigenvalue weighted by Gasteiger charge is 2.13. The Bertz CT molecular complexity index is 365. The van der Waals surface area contributed by atoms with Crippen LogP contribution in [-0.4, -0.2) is 18.6 Å². The van der Waals surface area contributed by atoms with Crippen LogP contribution in [0.25, 0.3) is 0 Å². The molecule has 0 bridgehead atoms. The highest BCUT2D eigenvalue weighted by molar-refractivity contribution is 5.73. The van der Waals surface area contributed by atoms with E-state index in [2.05, 4.69) is 10.1 Å². The first kappa shape index (κ1) is 12.0. The van der Waals surface area contributed by atoms with Gasteiger partial charge in [0.05, 0.1) is 6.04 Å². The number of hydrogen-bond donors (Lipinski definition) is 2. The minimum atomic E-state index is -0.855. The molecule has 1 aromatic rings. The molecule has 5 heteroatoms. The van der Waals surface area contributed by atoms with Gasteiger partial charge in [-0.25, -0.2) is 4.79 Å². The van der Waals surface area contributed by atoms with Crippen molar-refractivity contribution in [3.63, 3.8) is 0 Å². The molecular formula is C11H14N2O3. The molecule has 0 spiro atoms. The normalized spacial score (nSPS) is 11.6. The van der Waals surface area contributed by atoms with Gasteiger partial charge >= 0.3 is 6.09 Å². The predicted molar refractivity (Wildman–Crippen MR) is 58.5 cm³/mol. The zero-order valence-electron chi connectivity index (χ0n) is 8.97. The zero-order chi connectivity index (χ0) is 12.0. The van der Waals surface area contributed by atoms with E-state index >= 15 is 0 Å². The van der Waals surface area contributed by atoms with Gasteiger partial charge in [-0.3, -0.25) is 4.79 Å². The Labute approximate surface area is 93.6 Å². The highest BCUT2D eigenvalue weighted by Crippen LogP contribution is 2.12. The van der Waals surface area contributed by atoms with Gasteiger partial charge in [0.2, 0.25) is 5.91 Å². The first-order chi connectivity index (χ1) is 7.59. The van der Waals surface area contributed by atoms with Crippen LogP contribution in [0.5, 0.6) is 0 Å². The summed E-state index contributed by atoms with van der Waals surface area (Å²) < 4.78 is 4.68. The standard InChI is InChI=1S/C11H14N2O3/c1-8(14)13-10(7-16-11(12)15)9-5-3-2-4-6-9/h2-6,10H,7H2,1H3,(H2,12,15)(H,13,14). The van der Waals surface area contributed by atoms with Gasteiger partial charge < -0.3 is 15.8 Å². The lowest BCUT2D eigenvalue weighted by molar-refractivity contribution is -0.120. The molecule has 0 saturated heterocycles. The Morgan fingerprint density at radius 1 is 1.38 bits per heavy atom. The first-order valence-electron chi connectivity index (χ1n) is 4.84. The molecule has 0 saturated carbocycles. The quantitative estimate of drug-likeness (QED) is 0.796. The maximum absolute atomic E-state index is 11.0. The SMILES string of the molecule is CC(=O)NC(COC(N)=O)c1ccccc1. The fourth-order valence-corrected chi connectivity index (χ4v) is 1.32. The Hall–Kier alpha value is -2.04. The molecule has 2 amide bonds. The summed E-state index contributed by atoms with van der Waals surface area (Å²) >= 11 is 0. The molecule has 0 fully saturated rings. The molecule has 1 aromatic carbocycles. The van der Waals surface area contributed by atoms with Gasteiger partial charge in [0.1, 0.15) is 6.61 Å². The van der Waals surface area contributed by atoms with E-state index in [-0.39, 0.29) is 18.6 Å². The summed E-state index contributed by atoms with van der Waals surface area (Å²) in [5, 5.41) is 2.68. The van der Waals surface area contributed by atoms with Crippen molar-refractivity contribution < 1.29 is 14.3 Å². The number of benzene rings is 1. The summed E-state index contributed by atoms with van der Waals surface area (Å²) in [5.41, 5.74) is 5.74. The molecule has 0 aliphatic heterocycles. The van der Waals surface area contributed by atoms with Gasteiger partial charge in [0, 0.05) is 6.92 Å². The van der Waals surface area contributed by atoms with E-state index < -0.39 is 6.09 Å². The van der Waals surface area contributed by atoms with E-state index in [1.807, 2.05) is 30.3 Å². The topological polar surface area (TPSA) is 81.4 Å². The van der Waals surface area contributed by atoms with Gasteiger partial charge in [0.25, 0.3) is 0 Å². The maximum atomic E-state index is 11.0. The average molecular weight is 222 g/mol. The molecule has 1 unspecified atom stereocenters. The molecule has 1 rings (SSSR count). The van der Waals surface area contributed by atoms with Crippen LogP contribution in [0.1, 0.15) is 18.5 Å².